The number of hydrogen-bond donors (Lipinski definition) is 2. The highest BCUT2D eigenvalue weighted by molar-refractivity contribution is 14.0. The number of benzene rings is 1. The van der Waals surface area contributed by atoms with Crippen LogP contribution in [0.1, 0.15) is 25.8 Å². The molecule has 1 aromatic carbocycles. The Labute approximate surface area is 180 Å². The monoisotopic (exact) mass is 515 g/mol. The third kappa shape index (κ3) is 4.76. The molecule has 152 valence electrons. The molecule has 2 N–H and O–H groups in total. The molecule has 0 bridgehead atoms. The first-order valence-electron chi connectivity index (χ1n) is 8.65. The molecule has 0 aromatic heterocycles. The number of nitrogens with one attached hydrogen (secondary N) is 2. The molecule has 0 radical (unpaired) electrons. The van der Waals surface area contributed by atoms with Crippen molar-refractivity contribution >= 4 is 41.5 Å². The quantitative estimate of drug-likeness (QED) is 0.353. The number of guanidine groups is 1. The highest BCUT2D eigenvalue weighted by atomic mass is 127. The lowest BCUT2D eigenvalue weighted by molar-refractivity contribution is -0.106. The Morgan fingerprint density at radius 1 is 1.44 bits per heavy atom. The minimum atomic E-state index is -2.89. The summed E-state index contributed by atoms with van der Waals surface area (Å²) in [5, 5.41) is 7.06. The Bertz CT molecular complexity index is 691. The zero-order valence-corrected chi connectivity index (χ0v) is 18.6. The summed E-state index contributed by atoms with van der Waals surface area (Å²) in [6.07, 6.45) is 1.31. The Kier molecular flexibility index (Phi) is 7.54. The number of halogens is 4. The smallest absolute Gasteiger partial charge is 0.387 e. The van der Waals surface area contributed by atoms with Gasteiger partial charge >= 0.3 is 6.61 Å². The molecule has 1 aliphatic heterocycles. The molecule has 5 nitrogen and oxygen atoms in total. The molecule has 2 fully saturated rings. The van der Waals surface area contributed by atoms with Crippen LogP contribution < -0.4 is 15.4 Å². The van der Waals surface area contributed by atoms with Crippen molar-refractivity contribution in [3.05, 3.63) is 28.8 Å². The second-order valence-electron chi connectivity index (χ2n) is 7.24. The third-order valence-corrected chi connectivity index (χ3v) is 5.54. The van der Waals surface area contributed by atoms with Gasteiger partial charge < -0.3 is 20.1 Å². The van der Waals surface area contributed by atoms with Gasteiger partial charge in [-0.2, -0.15) is 8.78 Å². The number of nitrogens with zero attached hydrogens (tertiary/aromatic N) is 1. The standard InChI is InChI=1S/C18H24ClF2N3O2.HI/c1-18(2)14(12-6-7-25-15(12)18)24-17(22-3)23-9-10-8-11(19)4-5-13(10)26-16(20)21;/h4-5,8,12,14-16H,6-7,9H2,1-3H3,(H2,22,23,24);1H. The van der Waals surface area contributed by atoms with Crippen molar-refractivity contribution in [2.75, 3.05) is 13.7 Å². The first-order chi connectivity index (χ1) is 12.3. The Morgan fingerprint density at radius 2 is 2.19 bits per heavy atom. The van der Waals surface area contributed by atoms with Crippen molar-refractivity contribution in [1.82, 2.24) is 10.6 Å². The summed E-state index contributed by atoms with van der Waals surface area (Å²) in [5.41, 5.74) is 0.550. The Balaban J connectivity index is 0.00000261. The summed E-state index contributed by atoms with van der Waals surface area (Å²) in [4.78, 5) is 4.25. The van der Waals surface area contributed by atoms with E-state index < -0.39 is 6.61 Å². The fraction of sp³-hybridized carbons (Fsp3) is 0.611. The van der Waals surface area contributed by atoms with Crippen molar-refractivity contribution in [1.29, 1.82) is 0 Å². The average molecular weight is 516 g/mol. The average Bonchev–Trinajstić information content (AvgIpc) is 3.04. The topological polar surface area (TPSA) is 54.9 Å². The summed E-state index contributed by atoms with van der Waals surface area (Å²) in [7, 11) is 1.68. The molecule has 9 heteroatoms. The number of rotatable bonds is 5. The highest BCUT2D eigenvalue weighted by Crippen LogP contribution is 2.52. The van der Waals surface area contributed by atoms with Crippen LogP contribution in [-0.2, 0) is 11.3 Å². The molecule has 3 atom stereocenters. The van der Waals surface area contributed by atoms with Crippen LogP contribution in [0.2, 0.25) is 5.02 Å². The van der Waals surface area contributed by atoms with E-state index in [4.69, 9.17) is 16.3 Å². The SMILES string of the molecule is CN=C(NCc1cc(Cl)ccc1OC(F)F)NC1C2CCOC2C1(C)C.I. The first kappa shape index (κ1) is 22.4. The number of hydrogen-bond acceptors (Lipinski definition) is 3. The van der Waals surface area contributed by atoms with Gasteiger partial charge in [0, 0.05) is 48.2 Å². The second-order valence-corrected chi connectivity index (χ2v) is 7.68. The van der Waals surface area contributed by atoms with Crippen molar-refractivity contribution in [3.8, 4) is 5.75 Å². The maximum atomic E-state index is 12.6. The normalized spacial score (nSPS) is 26.0. The van der Waals surface area contributed by atoms with Gasteiger partial charge in [0.15, 0.2) is 5.96 Å². The highest BCUT2D eigenvalue weighted by Gasteiger charge is 2.59. The minimum Gasteiger partial charge on any atom is -0.434 e. The van der Waals surface area contributed by atoms with Crippen LogP contribution in [-0.4, -0.2) is 38.4 Å². The zero-order valence-electron chi connectivity index (χ0n) is 15.5. The van der Waals surface area contributed by atoms with Crippen LogP contribution in [0.4, 0.5) is 8.78 Å². The summed E-state index contributed by atoms with van der Waals surface area (Å²) in [5.74, 6) is 1.17. The predicted molar refractivity (Wildman–Crippen MR) is 112 cm³/mol. The van der Waals surface area contributed by atoms with Crippen LogP contribution in [0.15, 0.2) is 23.2 Å². The molecule has 27 heavy (non-hydrogen) atoms. The van der Waals surface area contributed by atoms with E-state index in [2.05, 4.69) is 34.2 Å². The third-order valence-electron chi connectivity index (χ3n) is 5.30. The molecule has 1 aliphatic carbocycles. The van der Waals surface area contributed by atoms with Gasteiger partial charge in [0.1, 0.15) is 5.75 Å². The van der Waals surface area contributed by atoms with Gasteiger partial charge in [0.05, 0.1) is 6.10 Å². The number of aliphatic imine (C=N–C) groups is 1. The van der Waals surface area contributed by atoms with Crippen molar-refractivity contribution < 1.29 is 18.3 Å². The fourth-order valence-corrected chi connectivity index (χ4v) is 4.23. The second kappa shape index (κ2) is 9.09. The molecular formula is C18H25ClF2IN3O2. The van der Waals surface area contributed by atoms with Gasteiger partial charge in [-0.25, -0.2) is 0 Å². The van der Waals surface area contributed by atoms with Crippen molar-refractivity contribution in [2.24, 2.45) is 16.3 Å². The van der Waals surface area contributed by atoms with E-state index in [1.807, 2.05) is 0 Å². The lowest BCUT2D eigenvalue weighted by atomic mass is 9.57. The van der Waals surface area contributed by atoms with Crippen LogP contribution in [0, 0.1) is 11.3 Å². The fourth-order valence-electron chi connectivity index (χ4n) is 4.04. The summed E-state index contributed by atoms with van der Waals surface area (Å²) in [6, 6.07) is 4.81. The van der Waals surface area contributed by atoms with Crippen LogP contribution in [0.25, 0.3) is 0 Å². The molecule has 1 heterocycles. The maximum Gasteiger partial charge on any atom is 0.387 e. The van der Waals surface area contributed by atoms with Crippen LogP contribution in [0.3, 0.4) is 0 Å². The maximum absolute atomic E-state index is 12.6. The van der Waals surface area contributed by atoms with E-state index in [0.717, 1.165) is 13.0 Å². The van der Waals surface area contributed by atoms with E-state index in [0.29, 0.717) is 22.5 Å². The molecule has 2 aliphatic rings. The van der Waals surface area contributed by atoms with E-state index in [1.54, 1.807) is 13.1 Å². The van der Waals surface area contributed by atoms with Gasteiger partial charge in [0.2, 0.25) is 0 Å². The summed E-state index contributed by atoms with van der Waals surface area (Å²) in [6.45, 7) is 2.52. The molecule has 1 saturated carbocycles. The van der Waals surface area contributed by atoms with E-state index in [-0.39, 0.29) is 53.8 Å². The summed E-state index contributed by atoms with van der Waals surface area (Å²) < 4.78 is 35.5. The van der Waals surface area contributed by atoms with E-state index >= 15 is 0 Å². The van der Waals surface area contributed by atoms with Gasteiger partial charge in [-0.1, -0.05) is 25.4 Å². The Hall–Kier alpha value is -0.870. The van der Waals surface area contributed by atoms with Gasteiger partial charge in [0.25, 0.3) is 0 Å². The van der Waals surface area contributed by atoms with Crippen LogP contribution >= 0.6 is 35.6 Å². The minimum absolute atomic E-state index is 0. The molecule has 3 unspecified atom stereocenters. The Morgan fingerprint density at radius 3 is 2.85 bits per heavy atom. The largest absolute Gasteiger partial charge is 0.434 e. The molecule has 1 aromatic rings. The lowest BCUT2D eigenvalue weighted by Crippen LogP contribution is -2.67. The number of ether oxygens (including phenoxy) is 2. The van der Waals surface area contributed by atoms with Gasteiger partial charge in [-0.3, -0.25) is 4.99 Å². The summed E-state index contributed by atoms with van der Waals surface area (Å²) >= 11 is 5.99. The molecule has 1 saturated heterocycles. The molecule has 0 spiro atoms. The lowest BCUT2D eigenvalue weighted by Gasteiger charge is -2.54. The number of fused-ring (bicyclic) bond motifs is 1. The van der Waals surface area contributed by atoms with Crippen LogP contribution in [0.5, 0.6) is 5.75 Å². The zero-order chi connectivity index (χ0) is 18.9. The van der Waals surface area contributed by atoms with E-state index in [1.165, 1.54) is 12.1 Å². The predicted octanol–water partition coefficient (Wildman–Crippen LogP) is 4.04. The van der Waals surface area contributed by atoms with Gasteiger partial charge in [-0.05, 0) is 24.6 Å². The molecular weight excluding hydrogens is 491 g/mol. The number of alkyl halides is 2. The van der Waals surface area contributed by atoms with Crippen molar-refractivity contribution in [3.63, 3.8) is 0 Å². The molecule has 0 amide bonds. The van der Waals surface area contributed by atoms with Crippen molar-refractivity contribution in [2.45, 2.75) is 45.6 Å². The van der Waals surface area contributed by atoms with Gasteiger partial charge in [-0.15, -0.1) is 24.0 Å². The first-order valence-corrected chi connectivity index (χ1v) is 9.02. The molecule has 3 rings (SSSR count). The van der Waals surface area contributed by atoms with E-state index in [9.17, 15) is 8.78 Å².